The summed E-state index contributed by atoms with van der Waals surface area (Å²) < 4.78 is 0. The molecule has 4 nitrogen and oxygen atoms in total. The minimum absolute atomic E-state index is 0.0382. The van der Waals surface area contributed by atoms with Crippen LogP contribution >= 0.6 is 11.6 Å². The number of nitrogens with zero attached hydrogens (tertiary/aromatic N) is 1. The van der Waals surface area contributed by atoms with Gasteiger partial charge in [-0.3, -0.25) is 9.59 Å². The molecular formula is C16H23ClN2O2. The van der Waals surface area contributed by atoms with Gasteiger partial charge in [-0.05, 0) is 31.5 Å². The van der Waals surface area contributed by atoms with Gasteiger partial charge in [0.1, 0.15) is 6.04 Å². The molecule has 0 saturated heterocycles. The van der Waals surface area contributed by atoms with Gasteiger partial charge in [-0.25, -0.2) is 0 Å². The summed E-state index contributed by atoms with van der Waals surface area (Å²) in [6.45, 7) is 8.23. The largest absolute Gasteiger partial charge is 0.355 e. The lowest BCUT2D eigenvalue weighted by molar-refractivity contribution is -0.143. The van der Waals surface area contributed by atoms with Crippen molar-refractivity contribution in [2.45, 2.75) is 40.3 Å². The summed E-state index contributed by atoms with van der Waals surface area (Å²) in [6, 6.07) is 6.80. The topological polar surface area (TPSA) is 49.4 Å². The van der Waals surface area contributed by atoms with Gasteiger partial charge in [0.05, 0.1) is 0 Å². The maximum absolute atomic E-state index is 12.4. The fourth-order valence-corrected chi connectivity index (χ4v) is 2.11. The first-order valence-corrected chi connectivity index (χ1v) is 7.57. The molecule has 1 atom stereocenters. The third-order valence-electron chi connectivity index (χ3n) is 3.24. The smallest absolute Gasteiger partial charge is 0.242 e. The van der Waals surface area contributed by atoms with Crippen LogP contribution < -0.4 is 5.32 Å². The molecule has 0 spiro atoms. The Morgan fingerprint density at radius 3 is 2.24 bits per heavy atom. The van der Waals surface area contributed by atoms with Crippen LogP contribution in [0.4, 0.5) is 0 Å². The van der Waals surface area contributed by atoms with Crippen LogP contribution in [0.3, 0.4) is 0 Å². The molecule has 0 aromatic heterocycles. The molecule has 1 unspecified atom stereocenters. The van der Waals surface area contributed by atoms with Crippen molar-refractivity contribution in [1.29, 1.82) is 0 Å². The predicted octanol–water partition coefficient (Wildman–Crippen LogP) is 2.85. The molecule has 1 N–H and O–H groups in total. The predicted molar refractivity (Wildman–Crippen MR) is 85.0 cm³/mol. The van der Waals surface area contributed by atoms with Crippen molar-refractivity contribution < 1.29 is 9.59 Å². The van der Waals surface area contributed by atoms with Crippen LogP contribution in [0.5, 0.6) is 0 Å². The fourth-order valence-electron chi connectivity index (χ4n) is 1.99. The Kier molecular flexibility index (Phi) is 6.69. The van der Waals surface area contributed by atoms with E-state index in [9.17, 15) is 9.59 Å². The first-order valence-electron chi connectivity index (χ1n) is 7.19. The van der Waals surface area contributed by atoms with Crippen LogP contribution in [0.2, 0.25) is 5.02 Å². The Balaban J connectivity index is 2.94. The molecule has 1 aromatic rings. The number of likely N-dealkylation sites (N-methyl/N-ethyl adjacent to an activating group) is 1. The average molecular weight is 311 g/mol. The minimum Gasteiger partial charge on any atom is -0.355 e. The van der Waals surface area contributed by atoms with E-state index in [4.69, 9.17) is 11.6 Å². The Labute approximate surface area is 131 Å². The van der Waals surface area contributed by atoms with Crippen LogP contribution in [0.1, 0.15) is 33.3 Å². The van der Waals surface area contributed by atoms with Crippen molar-refractivity contribution in [3.8, 4) is 0 Å². The second-order valence-electron chi connectivity index (χ2n) is 5.32. The van der Waals surface area contributed by atoms with E-state index in [0.717, 1.165) is 5.56 Å². The molecule has 0 radical (unpaired) electrons. The van der Waals surface area contributed by atoms with Crippen molar-refractivity contribution in [3.05, 3.63) is 34.9 Å². The number of benzene rings is 1. The highest BCUT2D eigenvalue weighted by Gasteiger charge is 2.27. The van der Waals surface area contributed by atoms with Gasteiger partial charge in [-0.2, -0.15) is 0 Å². The van der Waals surface area contributed by atoms with Crippen LogP contribution in [0, 0.1) is 5.92 Å². The lowest BCUT2D eigenvalue weighted by Crippen LogP contribution is -2.48. The third-order valence-corrected chi connectivity index (χ3v) is 3.49. The minimum atomic E-state index is -0.504. The van der Waals surface area contributed by atoms with Crippen molar-refractivity contribution >= 4 is 23.4 Å². The lowest BCUT2D eigenvalue weighted by Gasteiger charge is -2.30. The number of hydrogen-bond acceptors (Lipinski definition) is 2. The van der Waals surface area contributed by atoms with E-state index in [0.29, 0.717) is 18.1 Å². The summed E-state index contributed by atoms with van der Waals surface area (Å²) in [4.78, 5) is 26.0. The Morgan fingerprint density at radius 2 is 1.76 bits per heavy atom. The number of carbonyl (C=O) groups excluding carboxylic acids is 2. The molecule has 2 amide bonds. The van der Waals surface area contributed by atoms with Crippen LogP contribution in [-0.4, -0.2) is 29.3 Å². The van der Waals surface area contributed by atoms with E-state index >= 15 is 0 Å². The van der Waals surface area contributed by atoms with E-state index in [-0.39, 0.29) is 17.7 Å². The second kappa shape index (κ2) is 8.03. The van der Waals surface area contributed by atoms with Gasteiger partial charge in [0, 0.05) is 24.0 Å². The van der Waals surface area contributed by atoms with Crippen LogP contribution in [0.15, 0.2) is 24.3 Å². The Morgan fingerprint density at radius 1 is 1.19 bits per heavy atom. The quantitative estimate of drug-likeness (QED) is 0.878. The molecule has 5 heteroatoms. The first-order chi connectivity index (χ1) is 9.86. The van der Waals surface area contributed by atoms with Gasteiger partial charge in [0.2, 0.25) is 11.8 Å². The normalized spacial score (nSPS) is 12.1. The highest BCUT2D eigenvalue weighted by atomic mass is 35.5. The van der Waals surface area contributed by atoms with E-state index in [1.165, 1.54) is 0 Å². The van der Waals surface area contributed by atoms with E-state index in [1.807, 2.05) is 32.9 Å². The number of rotatable bonds is 6. The van der Waals surface area contributed by atoms with Gasteiger partial charge < -0.3 is 10.2 Å². The van der Waals surface area contributed by atoms with E-state index in [1.54, 1.807) is 24.0 Å². The summed E-state index contributed by atoms with van der Waals surface area (Å²) in [5.74, 6) is -0.335. The van der Waals surface area contributed by atoms with Crippen molar-refractivity contribution in [2.75, 3.05) is 6.54 Å². The molecule has 0 aliphatic rings. The highest BCUT2D eigenvalue weighted by molar-refractivity contribution is 6.30. The zero-order valence-corrected chi connectivity index (χ0v) is 13.8. The summed E-state index contributed by atoms with van der Waals surface area (Å²) in [7, 11) is 0. The molecular weight excluding hydrogens is 288 g/mol. The van der Waals surface area contributed by atoms with Crippen molar-refractivity contribution in [3.63, 3.8) is 0 Å². The number of nitrogens with one attached hydrogen (secondary N) is 1. The summed E-state index contributed by atoms with van der Waals surface area (Å²) in [5.41, 5.74) is 0.949. The van der Waals surface area contributed by atoms with Gasteiger partial charge in [-0.1, -0.05) is 37.6 Å². The highest BCUT2D eigenvalue weighted by Crippen LogP contribution is 2.15. The fraction of sp³-hybridized carbons (Fsp3) is 0.500. The number of halogens is 1. The number of hydrogen-bond donors (Lipinski definition) is 1. The van der Waals surface area contributed by atoms with E-state index in [2.05, 4.69) is 5.32 Å². The molecule has 0 heterocycles. The standard InChI is InChI=1S/C16H23ClN2O2/c1-5-18-15(20)12(4)19(16(21)11(2)3)10-13-6-8-14(17)9-7-13/h6-9,11-12H,5,10H2,1-4H3,(H,18,20). The van der Waals surface area contributed by atoms with E-state index < -0.39 is 6.04 Å². The van der Waals surface area contributed by atoms with Crippen LogP contribution in [0.25, 0.3) is 0 Å². The van der Waals surface area contributed by atoms with Gasteiger partial charge in [0.25, 0.3) is 0 Å². The van der Waals surface area contributed by atoms with Gasteiger partial charge in [-0.15, -0.1) is 0 Å². The molecule has 0 aliphatic carbocycles. The molecule has 21 heavy (non-hydrogen) atoms. The molecule has 1 rings (SSSR count). The maximum Gasteiger partial charge on any atom is 0.242 e. The van der Waals surface area contributed by atoms with Crippen LogP contribution in [-0.2, 0) is 16.1 Å². The van der Waals surface area contributed by atoms with Gasteiger partial charge >= 0.3 is 0 Å². The lowest BCUT2D eigenvalue weighted by atomic mass is 10.1. The van der Waals surface area contributed by atoms with Crippen molar-refractivity contribution in [1.82, 2.24) is 10.2 Å². The summed E-state index contributed by atoms with van der Waals surface area (Å²) >= 11 is 5.87. The van der Waals surface area contributed by atoms with Crippen molar-refractivity contribution in [2.24, 2.45) is 5.92 Å². The third kappa shape index (κ3) is 5.05. The average Bonchev–Trinajstić information content (AvgIpc) is 2.45. The first kappa shape index (κ1) is 17.5. The molecule has 0 aliphatic heterocycles. The summed E-state index contributed by atoms with van der Waals surface area (Å²) in [6.07, 6.45) is 0. The molecule has 0 saturated carbocycles. The Bertz CT molecular complexity index is 486. The molecule has 0 fully saturated rings. The summed E-state index contributed by atoms with van der Waals surface area (Å²) in [5, 5.41) is 3.41. The zero-order valence-electron chi connectivity index (χ0n) is 13.0. The second-order valence-corrected chi connectivity index (χ2v) is 5.75. The molecule has 1 aromatic carbocycles. The maximum atomic E-state index is 12.4. The SMILES string of the molecule is CCNC(=O)C(C)N(Cc1ccc(Cl)cc1)C(=O)C(C)C. The monoisotopic (exact) mass is 310 g/mol. The Hall–Kier alpha value is -1.55. The zero-order chi connectivity index (χ0) is 16.0. The number of carbonyl (C=O) groups is 2. The molecule has 0 bridgehead atoms. The van der Waals surface area contributed by atoms with Gasteiger partial charge in [0.15, 0.2) is 0 Å². The number of amides is 2. The molecule has 116 valence electrons.